The van der Waals surface area contributed by atoms with Gasteiger partial charge in [0, 0.05) is 24.5 Å². The molecule has 2 amide bonds. The summed E-state index contributed by atoms with van der Waals surface area (Å²) in [5, 5.41) is 0.955. The number of hydrogen-bond acceptors (Lipinski definition) is 2. The van der Waals surface area contributed by atoms with Crippen molar-refractivity contribution >= 4 is 40.7 Å². The van der Waals surface area contributed by atoms with Crippen LogP contribution in [0.3, 0.4) is 0 Å². The van der Waals surface area contributed by atoms with Crippen molar-refractivity contribution in [2.75, 3.05) is 18.0 Å². The Labute approximate surface area is 163 Å². The van der Waals surface area contributed by atoms with Crippen molar-refractivity contribution in [3.63, 3.8) is 0 Å². The van der Waals surface area contributed by atoms with Crippen molar-refractivity contribution < 1.29 is 9.59 Å². The summed E-state index contributed by atoms with van der Waals surface area (Å²) in [7, 11) is 0. The van der Waals surface area contributed by atoms with Crippen molar-refractivity contribution in [2.24, 2.45) is 0 Å². The van der Waals surface area contributed by atoms with E-state index in [0.29, 0.717) is 41.7 Å². The minimum atomic E-state index is -0.515. The Hall–Kier alpha value is -2.04. The summed E-state index contributed by atoms with van der Waals surface area (Å²) >= 11 is 12.2. The molecule has 1 heterocycles. The molecule has 0 radical (unpaired) electrons. The van der Waals surface area contributed by atoms with Crippen LogP contribution in [-0.2, 0) is 16.0 Å². The number of benzene rings is 2. The molecule has 0 bridgehead atoms. The van der Waals surface area contributed by atoms with E-state index in [1.165, 1.54) is 0 Å². The number of piperazine rings is 1. The monoisotopic (exact) mass is 390 g/mol. The summed E-state index contributed by atoms with van der Waals surface area (Å²) in [6.07, 6.45) is 1.06. The van der Waals surface area contributed by atoms with Crippen LogP contribution < -0.4 is 4.90 Å². The molecule has 1 saturated heterocycles. The first kappa shape index (κ1) is 18.7. The summed E-state index contributed by atoms with van der Waals surface area (Å²) in [5.41, 5.74) is 1.75. The number of carbonyl (C=O) groups excluding carboxylic acids is 2. The van der Waals surface area contributed by atoms with E-state index in [1.807, 2.05) is 30.3 Å². The number of halogens is 2. The zero-order chi connectivity index (χ0) is 18.7. The third kappa shape index (κ3) is 4.02. The molecule has 0 N–H and O–H groups in total. The fourth-order valence-corrected chi connectivity index (χ4v) is 3.70. The van der Waals surface area contributed by atoms with Crippen molar-refractivity contribution in [1.29, 1.82) is 0 Å². The molecule has 6 heteroatoms. The molecule has 1 aliphatic heterocycles. The maximum absolute atomic E-state index is 12.8. The summed E-state index contributed by atoms with van der Waals surface area (Å²) in [5.74, 6) is -0.134. The van der Waals surface area contributed by atoms with Crippen LogP contribution in [-0.4, -0.2) is 35.8 Å². The standard InChI is InChI=1S/C20H20Cl2N2O2/c1-14-20(26)24(18-9-8-16(21)13-17(18)22)12-11-23(14)19(25)10-7-15-5-3-2-4-6-15/h2-6,8-9,13-14H,7,10-12H2,1H3/t14-/m1/s1. The van der Waals surface area contributed by atoms with Gasteiger partial charge in [0.2, 0.25) is 11.8 Å². The number of aryl methyl sites for hydroxylation is 1. The first-order chi connectivity index (χ1) is 12.5. The van der Waals surface area contributed by atoms with E-state index in [-0.39, 0.29) is 11.8 Å². The number of amides is 2. The molecular formula is C20H20Cl2N2O2. The van der Waals surface area contributed by atoms with Gasteiger partial charge in [-0.3, -0.25) is 9.59 Å². The Morgan fingerprint density at radius 1 is 1.12 bits per heavy atom. The molecule has 1 aliphatic rings. The topological polar surface area (TPSA) is 40.6 Å². The number of rotatable bonds is 4. The molecule has 0 unspecified atom stereocenters. The van der Waals surface area contributed by atoms with Crippen LogP contribution in [0.25, 0.3) is 0 Å². The van der Waals surface area contributed by atoms with Gasteiger partial charge in [-0.05, 0) is 37.1 Å². The summed E-state index contributed by atoms with van der Waals surface area (Å²) in [6.45, 7) is 2.67. The lowest BCUT2D eigenvalue weighted by molar-refractivity contribution is -0.140. The van der Waals surface area contributed by atoms with Crippen LogP contribution in [0.4, 0.5) is 5.69 Å². The normalized spacial score (nSPS) is 17.5. The third-order valence-electron chi connectivity index (χ3n) is 4.65. The van der Waals surface area contributed by atoms with E-state index in [2.05, 4.69) is 0 Å². The number of hydrogen-bond donors (Lipinski definition) is 0. The Bertz CT molecular complexity index is 811. The van der Waals surface area contributed by atoms with Gasteiger partial charge in [-0.2, -0.15) is 0 Å². The molecule has 2 aromatic rings. The highest BCUT2D eigenvalue weighted by Crippen LogP contribution is 2.31. The van der Waals surface area contributed by atoms with E-state index < -0.39 is 6.04 Å². The maximum atomic E-state index is 12.8. The molecule has 26 heavy (non-hydrogen) atoms. The Morgan fingerprint density at radius 2 is 1.85 bits per heavy atom. The molecule has 3 rings (SSSR count). The first-order valence-electron chi connectivity index (χ1n) is 8.57. The molecule has 0 spiro atoms. The highest BCUT2D eigenvalue weighted by atomic mass is 35.5. The molecule has 136 valence electrons. The lowest BCUT2D eigenvalue weighted by Crippen LogP contribution is -2.57. The van der Waals surface area contributed by atoms with Crippen LogP contribution in [0.15, 0.2) is 48.5 Å². The van der Waals surface area contributed by atoms with Gasteiger partial charge < -0.3 is 9.80 Å². The predicted octanol–water partition coefficient (Wildman–Crippen LogP) is 4.19. The highest BCUT2D eigenvalue weighted by molar-refractivity contribution is 6.36. The fourth-order valence-electron chi connectivity index (χ4n) is 3.19. The minimum absolute atomic E-state index is 0.00319. The Morgan fingerprint density at radius 3 is 2.54 bits per heavy atom. The zero-order valence-electron chi connectivity index (χ0n) is 14.5. The van der Waals surface area contributed by atoms with Gasteiger partial charge in [0.05, 0.1) is 10.7 Å². The van der Waals surface area contributed by atoms with Crippen LogP contribution >= 0.6 is 23.2 Å². The van der Waals surface area contributed by atoms with Gasteiger partial charge in [-0.1, -0.05) is 53.5 Å². The largest absolute Gasteiger partial charge is 0.329 e. The third-order valence-corrected chi connectivity index (χ3v) is 5.18. The van der Waals surface area contributed by atoms with E-state index >= 15 is 0 Å². The SMILES string of the molecule is C[C@@H]1C(=O)N(c2ccc(Cl)cc2Cl)CCN1C(=O)CCc1ccccc1. The molecule has 0 saturated carbocycles. The average molecular weight is 391 g/mol. The Balaban J connectivity index is 1.66. The molecule has 0 aliphatic carbocycles. The molecule has 1 atom stereocenters. The lowest BCUT2D eigenvalue weighted by atomic mass is 10.1. The smallest absolute Gasteiger partial charge is 0.249 e. The second-order valence-corrected chi connectivity index (χ2v) is 7.18. The van der Waals surface area contributed by atoms with Gasteiger partial charge in [0.25, 0.3) is 0 Å². The molecule has 2 aromatic carbocycles. The number of nitrogens with zero attached hydrogens (tertiary/aromatic N) is 2. The van der Waals surface area contributed by atoms with Crippen LogP contribution in [0.2, 0.25) is 10.0 Å². The van der Waals surface area contributed by atoms with Gasteiger partial charge >= 0.3 is 0 Å². The molecule has 4 nitrogen and oxygen atoms in total. The van der Waals surface area contributed by atoms with E-state index in [0.717, 1.165) is 5.56 Å². The predicted molar refractivity (Wildman–Crippen MR) is 105 cm³/mol. The van der Waals surface area contributed by atoms with Crippen molar-refractivity contribution in [1.82, 2.24) is 4.90 Å². The highest BCUT2D eigenvalue weighted by Gasteiger charge is 2.35. The number of anilines is 1. The Kier molecular flexibility index (Phi) is 5.84. The van der Waals surface area contributed by atoms with E-state index in [4.69, 9.17) is 23.2 Å². The second kappa shape index (κ2) is 8.11. The van der Waals surface area contributed by atoms with E-state index in [1.54, 1.807) is 34.9 Å². The van der Waals surface area contributed by atoms with Crippen LogP contribution in [0.1, 0.15) is 18.9 Å². The first-order valence-corrected chi connectivity index (χ1v) is 9.33. The van der Waals surface area contributed by atoms with Gasteiger partial charge in [-0.15, -0.1) is 0 Å². The fraction of sp³-hybridized carbons (Fsp3) is 0.300. The van der Waals surface area contributed by atoms with E-state index in [9.17, 15) is 9.59 Å². The molecule has 1 fully saturated rings. The number of carbonyl (C=O) groups is 2. The second-order valence-electron chi connectivity index (χ2n) is 6.33. The van der Waals surface area contributed by atoms with Crippen molar-refractivity contribution in [3.8, 4) is 0 Å². The maximum Gasteiger partial charge on any atom is 0.249 e. The summed E-state index contributed by atoms with van der Waals surface area (Å²) < 4.78 is 0. The molecular weight excluding hydrogens is 371 g/mol. The van der Waals surface area contributed by atoms with Crippen LogP contribution in [0.5, 0.6) is 0 Å². The minimum Gasteiger partial charge on any atom is -0.329 e. The zero-order valence-corrected chi connectivity index (χ0v) is 16.0. The average Bonchev–Trinajstić information content (AvgIpc) is 2.63. The van der Waals surface area contributed by atoms with Gasteiger partial charge in [0.15, 0.2) is 0 Å². The van der Waals surface area contributed by atoms with Crippen LogP contribution in [0, 0.1) is 0 Å². The summed E-state index contributed by atoms with van der Waals surface area (Å²) in [4.78, 5) is 28.7. The van der Waals surface area contributed by atoms with Crippen molar-refractivity contribution in [3.05, 3.63) is 64.1 Å². The van der Waals surface area contributed by atoms with Crippen molar-refractivity contribution in [2.45, 2.75) is 25.8 Å². The molecule has 0 aromatic heterocycles. The quantitative estimate of drug-likeness (QED) is 0.784. The van der Waals surface area contributed by atoms with Gasteiger partial charge in [0.1, 0.15) is 6.04 Å². The lowest BCUT2D eigenvalue weighted by Gasteiger charge is -2.39. The van der Waals surface area contributed by atoms with Gasteiger partial charge in [-0.25, -0.2) is 0 Å². The summed E-state index contributed by atoms with van der Waals surface area (Å²) in [6, 6.07) is 14.4.